The zero-order chi connectivity index (χ0) is 24.5. The van der Waals surface area contributed by atoms with Crippen LogP contribution in [-0.2, 0) is 4.79 Å². The molecule has 0 fully saturated rings. The predicted octanol–water partition coefficient (Wildman–Crippen LogP) is 5.62. The molecule has 0 atom stereocenters. The van der Waals surface area contributed by atoms with E-state index in [1.807, 2.05) is 83.4 Å². The average molecular weight is 506 g/mol. The van der Waals surface area contributed by atoms with Crippen molar-refractivity contribution in [3.8, 4) is 22.8 Å². The maximum atomic E-state index is 12.4. The molecule has 0 aliphatic carbocycles. The Balaban J connectivity index is 1.42. The Bertz CT molecular complexity index is 1280. The molecule has 0 saturated carbocycles. The molecular weight excluding hydrogens is 482 g/mol. The molecule has 3 aromatic carbocycles. The number of ether oxygens (including phenoxy) is 1. The third-order valence-corrected chi connectivity index (χ3v) is 6.02. The summed E-state index contributed by atoms with van der Waals surface area (Å²) in [6.45, 7) is 2.74. The minimum atomic E-state index is -0.249. The molecule has 1 N–H and O–H groups in total. The van der Waals surface area contributed by atoms with E-state index in [9.17, 15) is 4.79 Å². The monoisotopic (exact) mass is 505 g/mol. The number of halogens is 1. The predicted molar refractivity (Wildman–Crippen MR) is 140 cm³/mol. The van der Waals surface area contributed by atoms with Crippen LogP contribution in [0.2, 0.25) is 5.02 Å². The second-order valence-electron chi connectivity index (χ2n) is 7.48. The molecule has 0 radical (unpaired) electrons. The van der Waals surface area contributed by atoms with E-state index >= 15 is 0 Å². The van der Waals surface area contributed by atoms with Gasteiger partial charge in [-0.2, -0.15) is 5.10 Å². The smallest absolute Gasteiger partial charge is 0.250 e. The summed E-state index contributed by atoms with van der Waals surface area (Å²) in [6, 6.07) is 24.7. The lowest BCUT2D eigenvalue weighted by molar-refractivity contribution is -0.118. The first-order valence-corrected chi connectivity index (χ1v) is 12.4. The van der Waals surface area contributed by atoms with E-state index in [0.717, 1.165) is 29.0 Å². The van der Waals surface area contributed by atoms with Crippen LogP contribution in [0.15, 0.2) is 89.1 Å². The van der Waals surface area contributed by atoms with Gasteiger partial charge in [-0.15, -0.1) is 10.2 Å². The molecule has 0 unspecified atom stereocenters. The summed E-state index contributed by atoms with van der Waals surface area (Å²) in [5.74, 6) is 1.37. The van der Waals surface area contributed by atoms with E-state index in [-0.39, 0.29) is 11.7 Å². The van der Waals surface area contributed by atoms with Gasteiger partial charge in [0, 0.05) is 16.3 Å². The van der Waals surface area contributed by atoms with Gasteiger partial charge in [0.15, 0.2) is 11.0 Å². The number of amides is 1. The number of carbonyl (C=O) groups excluding carboxylic acids is 1. The minimum Gasteiger partial charge on any atom is -0.494 e. The maximum Gasteiger partial charge on any atom is 0.250 e. The maximum absolute atomic E-state index is 12.4. The van der Waals surface area contributed by atoms with Gasteiger partial charge in [-0.1, -0.05) is 60.6 Å². The van der Waals surface area contributed by atoms with Crippen LogP contribution in [-0.4, -0.2) is 39.2 Å². The van der Waals surface area contributed by atoms with E-state index in [1.165, 1.54) is 11.8 Å². The molecule has 0 spiro atoms. The van der Waals surface area contributed by atoms with Gasteiger partial charge in [0.25, 0.3) is 5.91 Å². The summed E-state index contributed by atoms with van der Waals surface area (Å²) in [6.07, 6.45) is 2.55. The summed E-state index contributed by atoms with van der Waals surface area (Å²) in [7, 11) is 0. The number of rotatable bonds is 10. The molecule has 0 bridgehead atoms. The van der Waals surface area contributed by atoms with Crippen molar-refractivity contribution in [1.29, 1.82) is 0 Å². The summed E-state index contributed by atoms with van der Waals surface area (Å²) in [4.78, 5) is 12.4. The quantitative estimate of drug-likeness (QED) is 0.172. The van der Waals surface area contributed by atoms with Gasteiger partial charge in [-0.25, -0.2) is 5.43 Å². The van der Waals surface area contributed by atoms with Crippen LogP contribution in [0.3, 0.4) is 0 Å². The zero-order valence-electron chi connectivity index (χ0n) is 19.1. The van der Waals surface area contributed by atoms with Gasteiger partial charge in [-0.3, -0.25) is 9.36 Å². The summed E-state index contributed by atoms with van der Waals surface area (Å²) >= 11 is 7.35. The molecule has 0 aliphatic heterocycles. The van der Waals surface area contributed by atoms with Gasteiger partial charge in [0.05, 0.1) is 18.6 Å². The van der Waals surface area contributed by atoms with Crippen LogP contribution in [0.5, 0.6) is 5.75 Å². The van der Waals surface area contributed by atoms with Crippen LogP contribution < -0.4 is 10.2 Å². The Hall–Kier alpha value is -3.62. The van der Waals surface area contributed by atoms with E-state index in [0.29, 0.717) is 22.6 Å². The van der Waals surface area contributed by atoms with Crippen molar-refractivity contribution in [1.82, 2.24) is 20.2 Å². The number of hydrazone groups is 1. The molecule has 1 aromatic heterocycles. The number of nitrogens with one attached hydrogen (secondary N) is 1. The Labute approximate surface area is 213 Å². The second-order valence-corrected chi connectivity index (χ2v) is 8.86. The van der Waals surface area contributed by atoms with Crippen molar-refractivity contribution in [3.63, 3.8) is 0 Å². The molecule has 1 amide bonds. The van der Waals surface area contributed by atoms with Crippen LogP contribution in [0, 0.1) is 0 Å². The number of nitrogens with zero attached hydrogens (tertiary/aromatic N) is 4. The highest BCUT2D eigenvalue weighted by atomic mass is 35.5. The van der Waals surface area contributed by atoms with E-state index in [2.05, 4.69) is 27.6 Å². The van der Waals surface area contributed by atoms with Gasteiger partial charge >= 0.3 is 0 Å². The lowest BCUT2D eigenvalue weighted by Crippen LogP contribution is -2.20. The SMILES string of the molecule is CCCOc1ccc(/C=N/NC(=O)CSc2nnc(-c3ccccc3)n2-c2ccc(Cl)cc2)cc1. The third kappa shape index (κ3) is 6.71. The molecule has 1 heterocycles. The number of hydrogen-bond acceptors (Lipinski definition) is 6. The average Bonchev–Trinajstić information content (AvgIpc) is 3.32. The molecule has 0 aliphatic rings. The number of hydrogen-bond donors (Lipinski definition) is 1. The van der Waals surface area contributed by atoms with Crippen molar-refractivity contribution >= 4 is 35.5 Å². The fourth-order valence-corrected chi connectivity index (χ4v) is 4.04. The molecule has 35 heavy (non-hydrogen) atoms. The first-order valence-electron chi connectivity index (χ1n) is 11.1. The topological polar surface area (TPSA) is 81.4 Å². The van der Waals surface area contributed by atoms with Crippen LogP contribution >= 0.6 is 23.4 Å². The number of aromatic nitrogens is 3. The van der Waals surface area contributed by atoms with Gasteiger partial charge in [0.1, 0.15) is 5.75 Å². The molecular formula is C26H24ClN5O2S. The minimum absolute atomic E-state index is 0.127. The standard InChI is InChI=1S/C26H24ClN5O2S/c1-2-16-34-23-14-8-19(9-15-23)17-28-29-24(33)18-35-26-31-30-25(20-6-4-3-5-7-20)32(26)22-12-10-21(27)11-13-22/h3-15,17H,2,16,18H2,1H3,(H,29,33)/b28-17+. The number of carbonyl (C=O) groups is 1. The molecule has 7 nitrogen and oxygen atoms in total. The Morgan fingerprint density at radius 1 is 1.06 bits per heavy atom. The Kier molecular flexibility index (Phi) is 8.53. The molecule has 4 rings (SSSR count). The number of benzene rings is 3. The lowest BCUT2D eigenvalue weighted by atomic mass is 10.2. The van der Waals surface area contributed by atoms with E-state index < -0.39 is 0 Å². The largest absolute Gasteiger partial charge is 0.494 e. The zero-order valence-corrected chi connectivity index (χ0v) is 20.7. The summed E-state index contributed by atoms with van der Waals surface area (Å²) in [5, 5.41) is 14.0. The summed E-state index contributed by atoms with van der Waals surface area (Å²) < 4.78 is 7.48. The second kappa shape index (κ2) is 12.2. The van der Waals surface area contributed by atoms with Crippen LogP contribution in [0.25, 0.3) is 17.1 Å². The van der Waals surface area contributed by atoms with Gasteiger partial charge in [0.2, 0.25) is 0 Å². The fraction of sp³-hybridized carbons (Fsp3) is 0.154. The van der Waals surface area contributed by atoms with Gasteiger partial charge in [-0.05, 0) is 60.5 Å². The molecule has 0 saturated heterocycles. The fourth-order valence-electron chi connectivity index (χ4n) is 3.17. The van der Waals surface area contributed by atoms with Crippen molar-refractivity contribution < 1.29 is 9.53 Å². The Morgan fingerprint density at radius 2 is 1.80 bits per heavy atom. The lowest BCUT2D eigenvalue weighted by Gasteiger charge is -2.10. The summed E-state index contributed by atoms with van der Waals surface area (Å²) in [5.41, 5.74) is 5.19. The normalized spacial score (nSPS) is 11.0. The van der Waals surface area contributed by atoms with Crippen molar-refractivity contribution in [2.75, 3.05) is 12.4 Å². The third-order valence-electron chi connectivity index (χ3n) is 4.84. The highest BCUT2D eigenvalue weighted by molar-refractivity contribution is 7.99. The van der Waals surface area contributed by atoms with Crippen molar-refractivity contribution in [2.24, 2.45) is 5.10 Å². The van der Waals surface area contributed by atoms with E-state index in [1.54, 1.807) is 6.21 Å². The Morgan fingerprint density at radius 3 is 2.51 bits per heavy atom. The molecule has 9 heteroatoms. The van der Waals surface area contributed by atoms with Crippen molar-refractivity contribution in [3.05, 3.63) is 89.4 Å². The molecule has 4 aromatic rings. The van der Waals surface area contributed by atoms with Gasteiger partial charge < -0.3 is 4.74 Å². The highest BCUT2D eigenvalue weighted by Crippen LogP contribution is 2.28. The molecule has 178 valence electrons. The van der Waals surface area contributed by atoms with Crippen LogP contribution in [0.1, 0.15) is 18.9 Å². The first-order chi connectivity index (χ1) is 17.1. The highest BCUT2D eigenvalue weighted by Gasteiger charge is 2.17. The number of thioether (sulfide) groups is 1. The first kappa shape index (κ1) is 24.5. The van der Waals surface area contributed by atoms with E-state index in [4.69, 9.17) is 16.3 Å². The van der Waals surface area contributed by atoms with Crippen molar-refractivity contribution in [2.45, 2.75) is 18.5 Å². The van der Waals surface area contributed by atoms with Crippen LogP contribution in [0.4, 0.5) is 0 Å².